The van der Waals surface area contributed by atoms with Crippen LogP contribution in [0.3, 0.4) is 0 Å². The second-order valence-electron chi connectivity index (χ2n) is 4.83. The number of hydrogen-bond donors (Lipinski definition) is 2. The summed E-state index contributed by atoms with van der Waals surface area (Å²) in [6.07, 6.45) is 3.42. The first-order valence-corrected chi connectivity index (χ1v) is 9.62. The van der Waals surface area contributed by atoms with Crippen molar-refractivity contribution in [2.45, 2.75) is 24.6 Å². The number of nitrogen functional groups attached to an aromatic ring is 1. The van der Waals surface area contributed by atoms with Crippen LogP contribution in [0.5, 0.6) is 0 Å². The molecule has 0 aliphatic carbocycles. The SMILES string of the molecule is Nc1cnn(CCNS(=O)(=O)C2CCS(=O)(=O)CC2)c1. The van der Waals surface area contributed by atoms with E-state index in [-0.39, 0.29) is 30.9 Å². The molecule has 0 amide bonds. The number of rotatable bonds is 5. The molecule has 10 heteroatoms. The van der Waals surface area contributed by atoms with E-state index in [2.05, 4.69) is 9.82 Å². The van der Waals surface area contributed by atoms with Crippen molar-refractivity contribution in [3.05, 3.63) is 12.4 Å². The van der Waals surface area contributed by atoms with E-state index in [1.807, 2.05) is 0 Å². The summed E-state index contributed by atoms with van der Waals surface area (Å²) in [7, 11) is -6.54. The van der Waals surface area contributed by atoms with Gasteiger partial charge in [0.05, 0.1) is 35.2 Å². The van der Waals surface area contributed by atoms with Gasteiger partial charge in [0.25, 0.3) is 0 Å². The first kappa shape index (κ1) is 15.3. The maximum Gasteiger partial charge on any atom is 0.214 e. The molecule has 1 saturated heterocycles. The Hall–Kier alpha value is -1.13. The standard InChI is InChI=1S/C10H18N4O4S2/c11-9-7-12-14(8-9)4-3-13-20(17,18)10-1-5-19(15,16)6-2-10/h7-8,10,13H,1-6,11H2. The molecular weight excluding hydrogens is 304 g/mol. The fourth-order valence-electron chi connectivity index (χ4n) is 2.10. The van der Waals surface area contributed by atoms with Crippen molar-refractivity contribution in [3.8, 4) is 0 Å². The summed E-state index contributed by atoms with van der Waals surface area (Å²) in [4.78, 5) is 0. The Morgan fingerprint density at radius 1 is 1.40 bits per heavy atom. The zero-order valence-corrected chi connectivity index (χ0v) is 12.5. The number of nitrogens with zero attached hydrogens (tertiary/aromatic N) is 2. The second kappa shape index (κ2) is 5.70. The van der Waals surface area contributed by atoms with Gasteiger partial charge in [0, 0.05) is 12.7 Å². The second-order valence-corrected chi connectivity index (χ2v) is 9.18. The highest BCUT2D eigenvalue weighted by Crippen LogP contribution is 2.18. The first-order valence-electron chi connectivity index (χ1n) is 6.25. The molecule has 0 unspecified atom stereocenters. The van der Waals surface area contributed by atoms with E-state index in [1.54, 1.807) is 10.9 Å². The fourth-order valence-corrected chi connectivity index (χ4v) is 5.36. The lowest BCUT2D eigenvalue weighted by molar-refractivity contribution is 0.533. The quantitative estimate of drug-likeness (QED) is 0.713. The third-order valence-electron chi connectivity index (χ3n) is 3.24. The molecule has 2 heterocycles. The van der Waals surface area contributed by atoms with Gasteiger partial charge in [0.15, 0.2) is 0 Å². The Balaban J connectivity index is 1.85. The predicted molar refractivity (Wildman–Crippen MR) is 75.2 cm³/mol. The van der Waals surface area contributed by atoms with Crippen molar-refractivity contribution in [2.75, 3.05) is 23.8 Å². The highest BCUT2D eigenvalue weighted by Gasteiger charge is 2.32. The number of sulfonamides is 1. The Kier molecular flexibility index (Phi) is 4.35. The summed E-state index contributed by atoms with van der Waals surface area (Å²) in [5.41, 5.74) is 6.02. The number of anilines is 1. The average Bonchev–Trinajstić information content (AvgIpc) is 2.74. The van der Waals surface area contributed by atoms with Crippen LogP contribution >= 0.6 is 0 Å². The summed E-state index contributed by atoms with van der Waals surface area (Å²) in [5, 5.41) is 3.31. The number of nitrogens with one attached hydrogen (secondary N) is 1. The molecule has 0 radical (unpaired) electrons. The third-order valence-corrected chi connectivity index (χ3v) is 6.91. The fraction of sp³-hybridized carbons (Fsp3) is 0.700. The van der Waals surface area contributed by atoms with Crippen molar-refractivity contribution >= 4 is 25.5 Å². The molecular formula is C10H18N4O4S2. The molecule has 3 N–H and O–H groups in total. The molecule has 1 aromatic heterocycles. The van der Waals surface area contributed by atoms with Crippen molar-refractivity contribution in [1.82, 2.24) is 14.5 Å². The molecule has 2 rings (SSSR count). The minimum absolute atomic E-state index is 0.0612. The lowest BCUT2D eigenvalue weighted by Crippen LogP contribution is -2.40. The molecule has 1 aliphatic heterocycles. The normalized spacial score (nSPS) is 20.0. The zero-order valence-electron chi connectivity index (χ0n) is 10.9. The lowest BCUT2D eigenvalue weighted by atomic mass is 10.2. The minimum atomic E-state index is -3.48. The van der Waals surface area contributed by atoms with E-state index < -0.39 is 25.1 Å². The van der Waals surface area contributed by atoms with Crippen LogP contribution in [0.2, 0.25) is 0 Å². The van der Waals surface area contributed by atoms with Gasteiger partial charge in [-0.15, -0.1) is 0 Å². The average molecular weight is 322 g/mol. The maximum absolute atomic E-state index is 12.0. The summed E-state index contributed by atoms with van der Waals surface area (Å²) < 4.78 is 50.7. The maximum atomic E-state index is 12.0. The molecule has 1 fully saturated rings. The van der Waals surface area contributed by atoms with Gasteiger partial charge >= 0.3 is 0 Å². The Morgan fingerprint density at radius 2 is 2.05 bits per heavy atom. The monoisotopic (exact) mass is 322 g/mol. The number of sulfone groups is 1. The van der Waals surface area contributed by atoms with E-state index in [4.69, 9.17) is 5.73 Å². The predicted octanol–water partition coefficient (Wildman–Crippen LogP) is -1.04. The minimum Gasteiger partial charge on any atom is -0.396 e. The van der Waals surface area contributed by atoms with Gasteiger partial charge in [-0.2, -0.15) is 5.10 Å². The highest BCUT2D eigenvalue weighted by atomic mass is 32.2. The Morgan fingerprint density at radius 3 is 2.60 bits per heavy atom. The molecule has 0 saturated carbocycles. The molecule has 1 aliphatic rings. The van der Waals surface area contributed by atoms with Gasteiger partial charge in [-0.1, -0.05) is 0 Å². The Labute approximate surface area is 118 Å². The van der Waals surface area contributed by atoms with E-state index in [0.717, 1.165) is 0 Å². The van der Waals surface area contributed by atoms with Gasteiger partial charge < -0.3 is 5.73 Å². The molecule has 0 aromatic carbocycles. The van der Waals surface area contributed by atoms with E-state index in [9.17, 15) is 16.8 Å². The summed E-state index contributed by atoms with van der Waals surface area (Å²) in [6, 6.07) is 0. The van der Waals surface area contributed by atoms with Crippen molar-refractivity contribution in [3.63, 3.8) is 0 Å². The lowest BCUT2D eigenvalue weighted by Gasteiger charge is -2.22. The molecule has 0 atom stereocenters. The topological polar surface area (TPSA) is 124 Å². The van der Waals surface area contributed by atoms with E-state index in [0.29, 0.717) is 12.2 Å². The summed E-state index contributed by atoms with van der Waals surface area (Å²) >= 11 is 0. The largest absolute Gasteiger partial charge is 0.396 e. The highest BCUT2D eigenvalue weighted by molar-refractivity contribution is 7.92. The van der Waals surface area contributed by atoms with Crippen molar-refractivity contribution in [1.29, 1.82) is 0 Å². The van der Waals surface area contributed by atoms with Crippen molar-refractivity contribution in [2.24, 2.45) is 0 Å². The summed E-state index contributed by atoms with van der Waals surface area (Å²) in [6.45, 7) is 0.578. The van der Waals surface area contributed by atoms with Gasteiger partial charge in [-0.3, -0.25) is 4.68 Å². The molecule has 114 valence electrons. The smallest absolute Gasteiger partial charge is 0.214 e. The van der Waals surface area contributed by atoms with Crippen LogP contribution in [0.4, 0.5) is 5.69 Å². The molecule has 0 spiro atoms. The number of aromatic nitrogens is 2. The van der Waals surface area contributed by atoms with Crippen LogP contribution in [0.25, 0.3) is 0 Å². The molecule has 20 heavy (non-hydrogen) atoms. The summed E-state index contributed by atoms with van der Waals surface area (Å²) in [5.74, 6) is -0.122. The van der Waals surface area contributed by atoms with Crippen LogP contribution < -0.4 is 10.5 Å². The number of hydrogen-bond acceptors (Lipinski definition) is 6. The Bertz CT molecular complexity index is 651. The third kappa shape index (κ3) is 3.93. The first-order chi connectivity index (χ1) is 9.28. The molecule has 8 nitrogen and oxygen atoms in total. The van der Waals surface area contributed by atoms with Gasteiger partial charge in [0.2, 0.25) is 10.0 Å². The molecule has 1 aromatic rings. The van der Waals surface area contributed by atoms with Crippen LogP contribution in [-0.4, -0.2) is 49.9 Å². The van der Waals surface area contributed by atoms with Gasteiger partial charge in [-0.05, 0) is 12.8 Å². The molecule has 0 bridgehead atoms. The number of nitrogens with two attached hydrogens (primary N) is 1. The van der Waals surface area contributed by atoms with Crippen LogP contribution in [0, 0.1) is 0 Å². The van der Waals surface area contributed by atoms with E-state index >= 15 is 0 Å². The van der Waals surface area contributed by atoms with Crippen LogP contribution in [0.15, 0.2) is 12.4 Å². The van der Waals surface area contributed by atoms with Crippen molar-refractivity contribution < 1.29 is 16.8 Å². The van der Waals surface area contributed by atoms with E-state index in [1.165, 1.54) is 6.20 Å². The zero-order chi connectivity index (χ0) is 14.8. The van der Waals surface area contributed by atoms with Crippen LogP contribution in [0.1, 0.15) is 12.8 Å². The van der Waals surface area contributed by atoms with Gasteiger partial charge in [0.1, 0.15) is 9.84 Å². The van der Waals surface area contributed by atoms with Gasteiger partial charge in [-0.25, -0.2) is 21.6 Å². The van der Waals surface area contributed by atoms with Crippen LogP contribution in [-0.2, 0) is 26.4 Å².